The lowest BCUT2D eigenvalue weighted by Crippen LogP contribution is -2.10. The number of aromatic carboxylic acids is 1. The maximum absolute atomic E-state index is 11.0. The first-order chi connectivity index (χ1) is 10.1. The third-order valence-corrected chi connectivity index (χ3v) is 2.86. The Morgan fingerprint density at radius 1 is 1.33 bits per heavy atom. The van der Waals surface area contributed by atoms with Crippen molar-refractivity contribution in [1.29, 1.82) is 0 Å². The summed E-state index contributed by atoms with van der Waals surface area (Å²) in [4.78, 5) is 24.9. The van der Waals surface area contributed by atoms with E-state index in [4.69, 9.17) is 5.11 Å². The number of aromatic nitrogens is 1. The van der Waals surface area contributed by atoms with Crippen LogP contribution in [0.15, 0.2) is 42.6 Å². The second-order valence-electron chi connectivity index (χ2n) is 4.32. The molecule has 0 radical (unpaired) electrons. The van der Waals surface area contributed by atoms with Crippen LogP contribution in [-0.4, -0.2) is 27.5 Å². The van der Waals surface area contributed by atoms with Crippen molar-refractivity contribution in [3.8, 4) is 0 Å². The maximum Gasteiger partial charge on any atom is 0.337 e. The van der Waals surface area contributed by atoms with Crippen molar-refractivity contribution in [3.63, 3.8) is 0 Å². The lowest BCUT2D eigenvalue weighted by atomic mass is 10.1. The molecule has 2 N–H and O–H groups in total. The highest BCUT2D eigenvalue weighted by molar-refractivity contribution is 5.88. The Bertz CT molecular complexity index is 659. The molecule has 0 aliphatic carbocycles. The van der Waals surface area contributed by atoms with Crippen LogP contribution in [0, 0.1) is 10.1 Å². The number of hydrogen-bond donors (Lipinski definition) is 2. The minimum Gasteiger partial charge on any atom is -0.478 e. The van der Waals surface area contributed by atoms with Gasteiger partial charge in [-0.15, -0.1) is 0 Å². The van der Waals surface area contributed by atoms with Crippen LogP contribution in [0.3, 0.4) is 0 Å². The number of hydrogen-bond acceptors (Lipinski definition) is 5. The van der Waals surface area contributed by atoms with Crippen molar-refractivity contribution in [2.24, 2.45) is 0 Å². The quantitative estimate of drug-likeness (QED) is 0.624. The topological polar surface area (TPSA) is 105 Å². The van der Waals surface area contributed by atoms with Crippen molar-refractivity contribution >= 4 is 17.5 Å². The second kappa shape index (κ2) is 6.47. The van der Waals surface area contributed by atoms with Crippen molar-refractivity contribution in [3.05, 3.63) is 63.8 Å². The zero-order valence-corrected chi connectivity index (χ0v) is 11.0. The van der Waals surface area contributed by atoms with E-state index in [1.165, 1.54) is 0 Å². The Hall–Kier alpha value is -2.96. The van der Waals surface area contributed by atoms with Gasteiger partial charge in [-0.05, 0) is 12.0 Å². The Balaban J connectivity index is 2.09. The average molecular weight is 287 g/mol. The molecule has 7 heteroatoms. The number of carbonyl (C=O) groups is 1. The molecule has 0 bridgehead atoms. The fraction of sp³-hybridized carbons (Fsp3) is 0.143. The van der Waals surface area contributed by atoms with Gasteiger partial charge >= 0.3 is 11.7 Å². The SMILES string of the molecule is O=C(O)c1cnc(NCCc2ccccc2)c([N+](=O)[O-])c1. The summed E-state index contributed by atoms with van der Waals surface area (Å²) in [7, 11) is 0. The smallest absolute Gasteiger partial charge is 0.337 e. The van der Waals surface area contributed by atoms with Crippen LogP contribution in [0.25, 0.3) is 0 Å². The maximum atomic E-state index is 11.0. The number of nitrogens with zero attached hydrogens (tertiary/aromatic N) is 2. The lowest BCUT2D eigenvalue weighted by Gasteiger charge is -2.06. The van der Waals surface area contributed by atoms with Crippen LogP contribution in [0.2, 0.25) is 0 Å². The summed E-state index contributed by atoms with van der Waals surface area (Å²) in [6.45, 7) is 0.463. The summed E-state index contributed by atoms with van der Waals surface area (Å²) < 4.78 is 0. The largest absolute Gasteiger partial charge is 0.478 e. The molecule has 1 aromatic heterocycles. The first kappa shape index (κ1) is 14.4. The fourth-order valence-electron chi connectivity index (χ4n) is 1.82. The summed E-state index contributed by atoms with van der Waals surface area (Å²) >= 11 is 0. The van der Waals surface area contributed by atoms with Gasteiger partial charge in [0.25, 0.3) is 0 Å². The van der Waals surface area contributed by atoms with Gasteiger partial charge < -0.3 is 10.4 Å². The van der Waals surface area contributed by atoms with Crippen LogP contribution >= 0.6 is 0 Å². The van der Waals surface area contributed by atoms with Gasteiger partial charge in [0.2, 0.25) is 5.82 Å². The molecule has 0 atom stereocenters. The summed E-state index contributed by atoms with van der Waals surface area (Å²) in [5.41, 5.74) is 0.535. The highest BCUT2D eigenvalue weighted by atomic mass is 16.6. The Labute approximate surface area is 120 Å². The molecular weight excluding hydrogens is 274 g/mol. The number of carboxylic acids is 1. The van der Waals surface area contributed by atoms with E-state index in [-0.39, 0.29) is 17.1 Å². The van der Waals surface area contributed by atoms with Crippen LogP contribution < -0.4 is 5.32 Å². The van der Waals surface area contributed by atoms with E-state index in [0.717, 1.165) is 17.8 Å². The van der Waals surface area contributed by atoms with E-state index in [1.807, 2.05) is 30.3 Å². The number of nitrogens with one attached hydrogen (secondary N) is 1. The zero-order valence-electron chi connectivity index (χ0n) is 11.0. The van der Waals surface area contributed by atoms with E-state index in [0.29, 0.717) is 13.0 Å². The summed E-state index contributed by atoms with van der Waals surface area (Å²) in [6.07, 6.45) is 1.78. The normalized spacial score (nSPS) is 10.1. The van der Waals surface area contributed by atoms with Crippen molar-refractivity contribution in [2.75, 3.05) is 11.9 Å². The van der Waals surface area contributed by atoms with Crippen LogP contribution in [-0.2, 0) is 6.42 Å². The highest BCUT2D eigenvalue weighted by Gasteiger charge is 2.18. The molecule has 0 amide bonds. The Morgan fingerprint density at radius 2 is 2.05 bits per heavy atom. The first-order valence-electron chi connectivity index (χ1n) is 6.23. The molecule has 2 aromatic rings. The monoisotopic (exact) mass is 287 g/mol. The molecule has 0 aliphatic rings. The third kappa shape index (κ3) is 3.75. The standard InChI is InChI=1S/C14H13N3O4/c18-14(19)11-8-12(17(20)21)13(16-9-11)15-7-6-10-4-2-1-3-5-10/h1-5,8-9H,6-7H2,(H,15,16)(H,18,19). The number of nitro groups is 1. The zero-order chi connectivity index (χ0) is 15.2. The van der Waals surface area contributed by atoms with E-state index in [2.05, 4.69) is 10.3 Å². The van der Waals surface area contributed by atoms with Gasteiger partial charge in [-0.3, -0.25) is 10.1 Å². The third-order valence-electron chi connectivity index (χ3n) is 2.86. The minimum absolute atomic E-state index is 0.0703. The number of carboxylic acid groups (broad SMARTS) is 1. The number of anilines is 1. The van der Waals surface area contributed by atoms with E-state index in [9.17, 15) is 14.9 Å². The van der Waals surface area contributed by atoms with Crippen LogP contribution in [0.1, 0.15) is 15.9 Å². The van der Waals surface area contributed by atoms with Gasteiger partial charge in [-0.2, -0.15) is 0 Å². The predicted molar refractivity (Wildman–Crippen MR) is 76.5 cm³/mol. The van der Waals surface area contributed by atoms with Crippen molar-refractivity contribution in [2.45, 2.75) is 6.42 Å². The number of rotatable bonds is 6. The first-order valence-corrected chi connectivity index (χ1v) is 6.23. The van der Waals surface area contributed by atoms with Crippen molar-refractivity contribution < 1.29 is 14.8 Å². The van der Waals surface area contributed by atoms with Gasteiger partial charge in [-0.25, -0.2) is 9.78 Å². The van der Waals surface area contributed by atoms with Gasteiger partial charge in [0.1, 0.15) is 0 Å². The Morgan fingerprint density at radius 3 is 2.67 bits per heavy atom. The van der Waals surface area contributed by atoms with E-state index in [1.54, 1.807) is 0 Å². The molecule has 0 fully saturated rings. The van der Waals surface area contributed by atoms with Gasteiger partial charge in [0, 0.05) is 18.8 Å². The summed E-state index contributed by atoms with van der Waals surface area (Å²) in [6, 6.07) is 10.7. The van der Waals surface area contributed by atoms with E-state index >= 15 is 0 Å². The molecule has 0 spiro atoms. The summed E-state index contributed by atoms with van der Waals surface area (Å²) in [5.74, 6) is -1.18. The molecule has 0 saturated carbocycles. The molecule has 7 nitrogen and oxygen atoms in total. The molecule has 108 valence electrons. The highest BCUT2D eigenvalue weighted by Crippen LogP contribution is 2.22. The molecule has 0 unspecified atom stereocenters. The average Bonchev–Trinajstić information content (AvgIpc) is 2.48. The molecular formula is C14H13N3O4. The second-order valence-corrected chi connectivity index (χ2v) is 4.32. The van der Waals surface area contributed by atoms with Crippen LogP contribution in [0.4, 0.5) is 11.5 Å². The molecule has 1 heterocycles. The molecule has 21 heavy (non-hydrogen) atoms. The summed E-state index contributed by atoms with van der Waals surface area (Å²) in [5, 5.41) is 22.6. The number of pyridine rings is 1. The molecule has 1 aromatic carbocycles. The molecule has 2 rings (SSSR count). The number of benzene rings is 1. The molecule has 0 saturated heterocycles. The fourth-order valence-corrected chi connectivity index (χ4v) is 1.82. The predicted octanol–water partition coefficient (Wildman–Crippen LogP) is 2.34. The van der Waals surface area contributed by atoms with Crippen molar-refractivity contribution in [1.82, 2.24) is 4.98 Å². The van der Waals surface area contributed by atoms with Crippen LogP contribution in [0.5, 0.6) is 0 Å². The minimum atomic E-state index is -1.25. The van der Waals surface area contributed by atoms with Gasteiger partial charge in [0.05, 0.1) is 10.5 Å². The lowest BCUT2D eigenvalue weighted by molar-refractivity contribution is -0.384. The van der Waals surface area contributed by atoms with E-state index < -0.39 is 10.9 Å². The molecule has 0 aliphatic heterocycles. The van der Waals surface area contributed by atoms with Gasteiger partial charge in [0.15, 0.2) is 0 Å². The Kier molecular flexibility index (Phi) is 4.45. The van der Waals surface area contributed by atoms with Gasteiger partial charge in [-0.1, -0.05) is 30.3 Å².